The Labute approximate surface area is 177 Å². The summed E-state index contributed by atoms with van der Waals surface area (Å²) in [6.07, 6.45) is 15.4. The average Bonchev–Trinajstić information content (AvgIpc) is 2.59. The fourth-order valence-electron chi connectivity index (χ4n) is 3.38. The summed E-state index contributed by atoms with van der Waals surface area (Å²) in [6, 6.07) is -0.976. The molecule has 0 aromatic heterocycles. The minimum Gasteiger partial charge on any atom is -0.342 e. The van der Waals surface area contributed by atoms with Gasteiger partial charge >= 0.3 is 0 Å². The zero-order chi connectivity index (χ0) is 22.0. The van der Waals surface area contributed by atoms with E-state index in [9.17, 15) is 13.8 Å². The van der Waals surface area contributed by atoms with Crippen LogP contribution in [0.2, 0.25) is 0 Å². The van der Waals surface area contributed by atoms with Gasteiger partial charge in [0, 0.05) is 6.08 Å². The van der Waals surface area contributed by atoms with E-state index in [-0.39, 0.29) is 11.2 Å². The summed E-state index contributed by atoms with van der Waals surface area (Å²) < 4.78 is 19.6. The average molecular weight is 420 g/mol. The van der Waals surface area contributed by atoms with Gasteiger partial charge in [-0.3, -0.25) is 4.79 Å². The molecule has 0 fully saturated rings. The van der Waals surface area contributed by atoms with Gasteiger partial charge in [0.05, 0.1) is 11.8 Å². The van der Waals surface area contributed by atoms with Crippen LogP contribution in [0.1, 0.15) is 53.9 Å². The number of carbonyl (C=O) groups excluding carboxylic acids is 2. The van der Waals surface area contributed by atoms with Crippen molar-refractivity contribution >= 4 is 23.3 Å². The summed E-state index contributed by atoms with van der Waals surface area (Å²) in [7, 11) is 0. The first kappa shape index (κ1) is 25.0. The molecule has 0 spiro atoms. The van der Waals surface area contributed by atoms with Crippen LogP contribution in [0.5, 0.6) is 0 Å². The van der Waals surface area contributed by atoms with Gasteiger partial charge in [-0.15, -0.1) is 0 Å². The van der Waals surface area contributed by atoms with E-state index in [2.05, 4.69) is 38.2 Å². The van der Waals surface area contributed by atoms with E-state index in [0.29, 0.717) is 11.9 Å². The highest BCUT2D eigenvalue weighted by molar-refractivity contribution is 7.79. The van der Waals surface area contributed by atoms with E-state index >= 15 is 0 Å². The lowest BCUT2D eigenvalue weighted by Crippen LogP contribution is -2.39. The fourth-order valence-corrected chi connectivity index (χ4v) is 3.85. The third kappa shape index (κ3) is 9.33. The molecular weight excluding hydrogens is 386 g/mol. The third-order valence-electron chi connectivity index (χ3n) is 4.95. The Kier molecular flexibility index (Phi) is 10.2. The molecule has 29 heavy (non-hydrogen) atoms. The van der Waals surface area contributed by atoms with Gasteiger partial charge in [0.25, 0.3) is 0 Å². The van der Waals surface area contributed by atoms with Gasteiger partial charge in [-0.25, -0.2) is 4.21 Å². The highest BCUT2D eigenvalue weighted by Gasteiger charge is 2.26. The van der Waals surface area contributed by atoms with Crippen molar-refractivity contribution in [3.05, 3.63) is 58.7 Å². The van der Waals surface area contributed by atoms with Gasteiger partial charge in [0.15, 0.2) is 11.1 Å². The Morgan fingerprint density at radius 1 is 1.28 bits per heavy atom. The van der Waals surface area contributed by atoms with Crippen LogP contribution in [0.15, 0.2) is 58.7 Å². The predicted molar refractivity (Wildman–Crippen MR) is 120 cm³/mol. The van der Waals surface area contributed by atoms with Crippen molar-refractivity contribution in [1.29, 1.82) is 0 Å². The summed E-state index contributed by atoms with van der Waals surface area (Å²) in [5.41, 5.74) is 4.90. The molecular formula is C23H33NO4S. The molecule has 0 aromatic rings. The Morgan fingerprint density at radius 2 is 1.97 bits per heavy atom. The summed E-state index contributed by atoms with van der Waals surface area (Å²) in [5.74, 6) is -0.795. The van der Waals surface area contributed by atoms with Crippen molar-refractivity contribution in [2.24, 2.45) is 5.41 Å². The maximum absolute atomic E-state index is 11.9. The first-order valence-corrected chi connectivity index (χ1v) is 11.1. The number of hydrogen-bond acceptors (Lipinski definition) is 3. The monoisotopic (exact) mass is 419 g/mol. The third-order valence-corrected chi connectivity index (χ3v) is 5.59. The Bertz CT molecular complexity index is 785. The number of hydrogen-bond donors (Lipinski definition) is 2. The second kappa shape index (κ2) is 11.8. The number of allylic oxidation sites excluding steroid dienone is 9. The van der Waals surface area contributed by atoms with Gasteiger partial charge in [0.1, 0.15) is 6.29 Å². The van der Waals surface area contributed by atoms with Crippen LogP contribution in [0.25, 0.3) is 0 Å². The number of amides is 1. The normalized spacial score (nSPS) is 20.2. The minimum absolute atomic E-state index is 0.212. The van der Waals surface area contributed by atoms with Crippen molar-refractivity contribution in [1.82, 2.24) is 5.32 Å². The molecule has 0 bridgehead atoms. The van der Waals surface area contributed by atoms with E-state index in [1.165, 1.54) is 30.1 Å². The molecule has 0 saturated heterocycles. The Morgan fingerprint density at radius 3 is 2.55 bits per heavy atom. The minimum atomic E-state index is -2.14. The van der Waals surface area contributed by atoms with E-state index in [1.54, 1.807) is 13.0 Å². The zero-order valence-corrected chi connectivity index (χ0v) is 18.8. The largest absolute Gasteiger partial charge is 0.342 e. The van der Waals surface area contributed by atoms with Crippen molar-refractivity contribution < 1.29 is 18.4 Å². The molecule has 5 nitrogen and oxygen atoms in total. The molecule has 1 unspecified atom stereocenters. The van der Waals surface area contributed by atoms with Crippen LogP contribution >= 0.6 is 0 Å². The molecule has 0 heterocycles. The van der Waals surface area contributed by atoms with Gasteiger partial charge in [-0.2, -0.15) is 0 Å². The molecule has 2 N–H and O–H groups in total. The summed E-state index contributed by atoms with van der Waals surface area (Å²) in [5, 5.41) is 2.39. The standard InChI is InChI=1S/C23H33NO4S/c1-17(11-12-21-19(3)10-7-13-23(21,4)5)8-6-9-18(2)14-22(26)24-20(15-25)16-29(27)28/h6,8-9,11-12,14-15,20H,7,10,13,16H2,1-5H3,(H,24,26)(H,27,28)/b9-6+,12-11+,17-8+,18-14-/t20-/m1/s1. The van der Waals surface area contributed by atoms with Crippen molar-refractivity contribution in [3.63, 3.8) is 0 Å². The summed E-state index contributed by atoms with van der Waals surface area (Å²) in [6.45, 7) is 10.6. The summed E-state index contributed by atoms with van der Waals surface area (Å²) >= 11 is -2.14. The number of nitrogens with one attached hydrogen (secondary N) is 1. The number of aldehydes is 1. The quantitative estimate of drug-likeness (QED) is 0.251. The number of rotatable bonds is 9. The molecule has 6 heteroatoms. The molecule has 1 amide bonds. The van der Waals surface area contributed by atoms with E-state index in [1.807, 2.05) is 19.1 Å². The maximum atomic E-state index is 11.9. The lowest BCUT2D eigenvalue weighted by atomic mass is 9.72. The van der Waals surface area contributed by atoms with E-state index in [4.69, 9.17) is 4.55 Å². The second-order valence-corrected chi connectivity index (χ2v) is 9.14. The Hall–Kier alpha value is -2.05. The molecule has 1 aliphatic rings. The molecule has 2 atom stereocenters. The highest BCUT2D eigenvalue weighted by Crippen LogP contribution is 2.40. The first-order chi connectivity index (χ1) is 13.5. The van der Waals surface area contributed by atoms with E-state index in [0.717, 1.165) is 12.0 Å². The highest BCUT2D eigenvalue weighted by atomic mass is 32.2. The fraction of sp³-hybridized carbons (Fsp3) is 0.478. The van der Waals surface area contributed by atoms with Crippen LogP contribution in [-0.4, -0.2) is 32.7 Å². The molecule has 0 aromatic carbocycles. The maximum Gasteiger partial charge on any atom is 0.244 e. The first-order valence-electron chi connectivity index (χ1n) is 9.80. The predicted octanol–water partition coefficient (Wildman–Crippen LogP) is 4.42. The van der Waals surface area contributed by atoms with Gasteiger partial charge < -0.3 is 14.7 Å². The topological polar surface area (TPSA) is 83.5 Å². The lowest BCUT2D eigenvalue weighted by Gasteiger charge is -2.32. The van der Waals surface area contributed by atoms with Crippen molar-refractivity contribution in [3.8, 4) is 0 Å². The lowest BCUT2D eigenvalue weighted by molar-refractivity contribution is -0.119. The van der Waals surface area contributed by atoms with Crippen LogP contribution in [0.3, 0.4) is 0 Å². The number of carbonyl (C=O) groups is 2. The smallest absolute Gasteiger partial charge is 0.244 e. The molecule has 0 saturated carbocycles. The van der Waals surface area contributed by atoms with Gasteiger partial charge in [-0.1, -0.05) is 55.4 Å². The SMILES string of the molecule is CC1=C(/C=C/C(C)=C/C=C/C(C)=C\C(=O)N[C@H](C=O)CS(=O)O)C(C)(C)CCC1. The second-order valence-electron chi connectivity index (χ2n) is 8.16. The van der Waals surface area contributed by atoms with Gasteiger partial charge in [-0.05, 0) is 56.6 Å². The van der Waals surface area contributed by atoms with Crippen molar-refractivity contribution in [2.75, 3.05) is 5.75 Å². The van der Waals surface area contributed by atoms with E-state index < -0.39 is 23.0 Å². The van der Waals surface area contributed by atoms with Crippen LogP contribution in [0, 0.1) is 5.41 Å². The summed E-state index contributed by atoms with van der Waals surface area (Å²) in [4.78, 5) is 22.7. The van der Waals surface area contributed by atoms with Crippen LogP contribution in [0.4, 0.5) is 0 Å². The van der Waals surface area contributed by atoms with Gasteiger partial charge in [0.2, 0.25) is 5.91 Å². The molecule has 0 aliphatic heterocycles. The zero-order valence-electron chi connectivity index (χ0n) is 18.0. The van der Waals surface area contributed by atoms with Crippen molar-refractivity contribution in [2.45, 2.75) is 59.9 Å². The van der Waals surface area contributed by atoms with Crippen LogP contribution < -0.4 is 5.32 Å². The molecule has 0 radical (unpaired) electrons. The molecule has 1 rings (SSSR count). The van der Waals surface area contributed by atoms with Crippen LogP contribution in [-0.2, 0) is 20.7 Å². The molecule has 160 valence electrons. The Balaban J connectivity index is 2.71. The molecule has 1 aliphatic carbocycles.